The smallest absolute Gasteiger partial charge is 0.237 e. The molecule has 0 bridgehead atoms. The lowest BCUT2D eigenvalue weighted by Crippen LogP contribution is -2.30. The highest BCUT2D eigenvalue weighted by molar-refractivity contribution is 7.91. The molecule has 25 heavy (non-hydrogen) atoms. The van der Waals surface area contributed by atoms with Gasteiger partial charge in [0.25, 0.3) is 0 Å². The van der Waals surface area contributed by atoms with Crippen molar-refractivity contribution in [2.75, 3.05) is 22.7 Å². The van der Waals surface area contributed by atoms with Crippen molar-refractivity contribution in [1.29, 1.82) is 0 Å². The zero-order chi connectivity index (χ0) is 17.9. The highest BCUT2D eigenvalue weighted by Crippen LogP contribution is 2.18. The summed E-state index contributed by atoms with van der Waals surface area (Å²) in [5.41, 5.74) is 0.230. The van der Waals surface area contributed by atoms with Gasteiger partial charge in [-0.3, -0.25) is 4.72 Å². The van der Waals surface area contributed by atoms with Gasteiger partial charge in [-0.15, -0.1) is 0 Å². The molecule has 1 N–H and O–H groups in total. The number of hydrogen-bond donors (Lipinski definition) is 1. The SMILES string of the molecule is O=S(=O)(Cc1cc(F)cc(F)c1)Nc1cnc(N2CCCCC2)nc1. The predicted octanol–water partition coefficient (Wildman–Crippen LogP) is 2.69. The Hall–Kier alpha value is -2.29. The van der Waals surface area contributed by atoms with E-state index in [2.05, 4.69) is 19.6 Å². The zero-order valence-electron chi connectivity index (χ0n) is 13.5. The third-order valence-corrected chi connectivity index (χ3v) is 5.09. The van der Waals surface area contributed by atoms with Crippen LogP contribution in [0.3, 0.4) is 0 Å². The van der Waals surface area contributed by atoms with Gasteiger partial charge in [0.1, 0.15) is 11.6 Å². The van der Waals surface area contributed by atoms with E-state index < -0.39 is 27.4 Å². The summed E-state index contributed by atoms with van der Waals surface area (Å²) < 4.78 is 53.0. The lowest BCUT2D eigenvalue weighted by Gasteiger charge is -2.26. The average Bonchev–Trinajstić information content (AvgIpc) is 2.54. The Balaban J connectivity index is 1.67. The first-order valence-electron chi connectivity index (χ1n) is 7.94. The van der Waals surface area contributed by atoms with Crippen molar-refractivity contribution in [3.63, 3.8) is 0 Å². The van der Waals surface area contributed by atoms with Crippen LogP contribution in [-0.2, 0) is 15.8 Å². The first kappa shape index (κ1) is 17.5. The van der Waals surface area contributed by atoms with Crippen molar-refractivity contribution in [3.05, 3.63) is 47.8 Å². The Labute approximate surface area is 145 Å². The van der Waals surface area contributed by atoms with Crippen molar-refractivity contribution in [3.8, 4) is 0 Å². The van der Waals surface area contributed by atoms with Gasteiger partial charge in [-0.2, -0.15) is 0 Å². The van der Waals surface area contributed by atoms with Crippen molar-refractivity contribution in [2.24, 2.45) is 0 Å². The number of aromatic nitrogens is 2. The summed E-state index contributed by atoms with van der Waals surface area (Å²) in [6.45, 7) is 1.77. The van der Waals surface area contributed by atoms with Crippen LogP contribution in [-0.4, -0.2) is 31.5 Å². The fourth-order valence-corrected chi connectivity index (χ4v) is 3.90. The number of piperidine rings is 1. The molecule has 1 aliphatic heterocycles. The number of rotatable bonds is 5. The van der Waals surface area contributed by atoms with E-state index in [0.717, 1.165) is 38.1 Å². The number of halogens is 2. The Morgan fingerprint density at radius 3 is 2.20 bits per heavy atom. The summed E-state index contributed by atoms with van der Waals surface area (Å²) in [4.78, 5) is 10.4. The van der Waals surface area contributed by atoms with Gasteiger partial charge in [-0.05, 0) is 37.0 Å². The van der Waals surface area contributed by atoms with Gasteiger partial charge < -0.3 is 4.90 Å². The Kier molecular flexibility index (Phi) is 5.12. The molecule has 0 atom stereocenters. The second-order valence-electron chi connectivity index (χ2n) is 5.96. The molecule has 0 radical (unpaired) electrons. The molecule has 1 aromatic heterocycles. The first-order chi connectivity index (χ1) is 11.9. The Morgan fingerprint density at radius 2 is 1.60 bits per heavy atom. The normalized spacial score (nSPS) is 15.2. The van der Waals surface area contributed by atoms with E-state index in [1.165, 1.54) is 18.8 Å². The van der Waals surface area contributed by atoms with E-state index in [0.29, 0.717) is 12.0 Å². The van der Waals surface area contributed by atoms with Crippen LogP contribution in [0.25, 0.3) is 0 Å². The molecule has 0 aliphatic carbocycles. The summed E-state index contributed by atoms with van der Waals surface area (Å²) in [6.07, 6.45) is 6.14. The maximum atomic E-state index is 13.2. The van der Waals surface area contributed by atoms with Crippen LogP contribution < -0.4 is 9.62 Å². The molecule has 9 heteroatoms. The standard InChI is InChI=1S/C16H18F2N4O2S/c17-13-6-12(7-14(18)8-13)11-25(23,24)21-15-9-19-16(20-10-15)22-4-2-1-3-5-22/h6-10,21H,1-5,11H2. The molecule has 1 fully saturated rings. The molecule has 0 spiro atoms. The minimum Gasteiger partial charge on any atom is -0.341 e. The molecule has 1 aromatic carbocycles. The molecule has 134 valence electrons. The molecular weight excluding hydrogens is 350 g/mol. The van der Waals surface area contributed by atoms with Gasteiger partial charge in [-0.1, -0.05) is 0 Å². The van der Waals surface area contributed by atoms with E-state index in [4.69, 9.17) is 0 Å². The van der Waals surface area contributed by atoms with Gasteiger partial charge in [0, 0.05) is 19.2 Å². The van der Waals surface area contributed by atoms with E-state index in [1.54, 1.807) is 0 Å². The molecular formula is C16H18F2N4O2S. The molecule has 1 aliphatic rings. The summed E-state index contributed by atoms with van der Waals surface area (Å²) in [6, 6.07) is 2.66. The lowest BCUT2D eigenvalue weighted by molar-refractivity contribution is 0.568. The Morgan fingerprint density at radius 1 is 1.00 bits per heavy atom. The van der Waals surface area contributed by atoms with Crippen LogP contribution in [0.2, 0.25) is 0 Å². The molecule has 2 aromatic rings. The lowest BCUT2D eigenvalue weighted by atomic mass is 10.1. The fraction of sp³-hybridized carbons (Fsp3) is 0.375. The maximum absolute atomic E-state index is 13.2. The molecule has 1 saturated heterocycles. The van der Waals surface area contributed by atoms with Crippen molar-refractivity contribution in [1.82, 2.24) is 9.97 Å². The van der Waals surface area contributed by atoms with Crippen molar-refractivity contribution in [2.45, 2.75) is 25.0 Å². The van der Waals surface area contributed by atoms with E-state index in [-0.39, 0.29) is 11.3 Å². The van der Waals surface area contributed by atoms with Crippen molar-refractivity contribution < 1.29 is 17.2 Å². The number of benzene rings is 1. The van der Waals surface area contributed by atoms with Gasteiger partial charge >= 0.3 is 0 Å². The monoisotopic (exact) mass is 368 g/mol. The van der Waals surface area contributed by atoms with E-state index >= 15 is 0 Å². The quantitative estimate of drug-likeness (QED) is 0.878. The summed E-state index contributed by atoms with van der Waals surface area (Å²) in [7, 11) is -3.84. The molecule has 3 rings (SSSR count). The van der Waals surface area contributed by atoms with Crippen molar-refractivity contribution >= 4 is 21.7 Å². The second kappa shape index (κ2) is 7.30. The number of sulfonamides is 1. The number of nitrogens with one attached hydrogen (secondary N) is 1. The minimum atomic E-state index is -3.84. The van der Waals surface area contributed by atoms with Crippen LogP contribution in [0.15, 0.2) is 30.6 Å². The summed E-state index contributed by atoms with van der Waals surface area (Å²) >= 11 is 0. The molecule has 2 heterocycles. The van der Waals surface area contributed by atoms with Crippen LogP contribution in [0, 0.1) is 11.6 Å². The first-order valence-corrected chi connectivity index (χ1v) is 9.59. The van der Waals surface area contributed by atoms with Crippen LogP contribution >= 0.6 is 0 Å². The third kappa shape index (κ3) is 4.85. The average molecular weight is 368 g/mol. The summed E-state index contributed by atoms with van der Waals surface area (Å²) in [5.74, 6) is -1.62. The molecule has 0 unspecified atom stereocenters. The number of anilines is 2. The Bertz CT molecular complexity index is 817. The van der Waals surface area contributed by atoms with Crippen LogP contribution in [0.1, 0.15) is 24.8 Å². The van der Waals surface area contributed by atoms with Crippen LogP contribution in [0.5, 0.6) is 0 Å². The second-order valence-corrected chi connectivity index (χ2v) is 7.68. The third-order valence-electron chi connectivity index (χ3n) is 3.83. The topological polar surface area (TPSA) is 75.2 Å². The van der Waals surface area contributed by atoms with Gasteiger partial charge in [0.2, 0.25) is 16.0 Å². The van der Waals surface area contributed by atoms with E-state index in [1.807, 2.05) is 0 Å². The van der Waals surface area contributed by atoms with Gasteiger partial charge in [0.05, 0.1) is 23.8 Å². The summed E-state index contributed by atoms with van der Waals surface area (Å²) in [5, 5.41) is 0. The number of hydrogen-bond acceptors (Lipinski definition) is 5. The molecule has 6 nitrogen and oxygen atoms in total. The number of nitrogens with zero attached hydrogens (tertiary/aromatic N) is 3. The van der Waals surface area contributed by atoms with Gasteiger partial charge in [-0.25, -0.2) is 27.2 Å². The highest BCUT2D eigenvalue weighted by atomic mass is 32.2. The predicted molar refractivity (Wildman–Crippen MR) is 90.7 cm³/mol. The largest absolute Gasteiger partial charge is 0.341 e. The molecule has 0 amide bonds. The minimum absolute atomic E-state index is 0.0239. The zero-order valence-corrected chi connectivity index (χ0v) is 14.3. The highest BCUT2D eigenvalue weighted by Gasteiger charge is 2.16. The van der Waals surface area contributed by atoms with Gasteiger partial charge in [0.15, 0.2) is 0 Å². The van der Waals surface area contributed by atoms with E-state index in [9.17, 15) is 17.2 Å². The maximum Gasteiger partial charge on any atom is 0.237 e. The fourth-order valence-electron chi connectivity index (χ4n) is 2.76. The van der Waals surface area contributed by atoms with Crippen LogP contribution in [0.4, 0.5) is 20.4 Å². The molecule has 0 saturated carbocycles.